The van der Waals surface area contributed by atoms with Crippen LogP contribution in [0.3, 0.4) is 0 Å². The number of carbonyl (C=O) groups excluding carboxylic acids is 1. The molecule has 3 heterocycles. The zero-order valence-corrected chi connectivity index (χ0v) is 17.0. The van der Waals surface area contributed by atoms with Crippen molar-refractivity contribution in [2.75, 3.05) is 33.3 Å². The van der Waals surface area contributed by atoms with Crippen LogP contribution in [0.1, 0.15) is 41.7 Å². The lowest BCUT2D eigenvalue weighted by molar-refractivity contribution is 0.0787. The van der Waals surface area contributed by atoms with E-state index < -0.39 is 0 Å². The van der Waals surface area contributed by atoms with E-state index in [0.717, 1.165) is 69.7 Å². The number of methoxy groups -OCH3 is 1. The van der Waals surface area contributed by atoms with E-state index in [1.807, 2.05) is 11.0 Å². The van der Waals surface area contributed by atoms with E-state index in [0.29, 0.717) is 23.9 Å². The predicted octanol–water partition coefficient (Wildman–Crippen LogP) is 2.14. The van der Waals surface area contributed by atoms with Crippen LogP contribution in [0.4, 0.5) is 0 Å². The SMILES string of the molecule is COc1ccc(O)c(CN2CCC[C@H](Cn3cc(C(=O)N4CCCC4)nn3)C2)c1. The highest BCUT2D eigenvalue weighted by Gasteiger charge is 2.24. The summed E-state index contributed by atoms with van der Waals surface area (Å²) in [5, 5.41) is 18.5. The third-order valence-electron chi connectivity index (χ3n) is 5.88. The van der Waals surface area contributed by atoms with Gasteiger partial charge >= 0.3 is 0 Å². The molecule has 1 N–H and O–H groups in total. The number of phenolic OH excluding ortho intramolecular Hbond substituents is 1. The molecule has 1 amide bonds. The second-order valence-electron chi connectivity index (χ2n) is 8.06. The number of carbonyl (C=O) groups is 1. The molecule has 1 aromatic heterocycles. The van der Waals surface area contributed by atoms with Crippen LogP contribution in [0.5, 0.6) is 11.5 Å². The normalized spacial score (nSPS) is 20.2. The Bertz CT molecular complexity index is 847. The second kappa shape index (κ2) is 8.82. The maximum atomic E-state index is 12.5. The Morgan fingerprint density at radius 3 is 2.86 bits per heavy atom. The average Bonchev–Trinajstić information content (AvgIpc) is 3.42. The van der Waals surface area contributed by atoms with Gasteiger partial charge in [-0.05, 0) is 56.3 Å². The summed E-state index contributed by atoms with van der Waals surface area (Å²) < 4.78 is 7.08. The number of ether oxygens (including phenoxy) is 1. The van der Waals surface area contributed by atoms with Gasteiger partial charge in [0.2, 0.25) is 0 Å². The average molecular weight is 399 g/mol. The Hall–Kier alpha value is -2.61. The lowest BCUT2D eigenvalue weighted by atomic mass is 9.97. The first-order valence-corrected chi connectivity index (χ1v) is 10.4. The number of aromatic nitrogens is 3. The molecular weight excluding hydrogens is 370 g/mol. The lowest BCUT2D eigenvalue weighted by Gasteiger charge is -2.32. The van der Waals surface area contributed by atoms with Gasteiger partial charge in [0.1, 0.15) is 11.5 Å². The van der Waals surface area contributed by atoms with Crippen molar-refractivity contribution in [3.05, 3.63) is 35.7 Å². The summed E-state index contributed by atoms with van der Waals surface area (Å²) in [6, 6.07) is 5.35. The molecule has 1 atom stereocenters. The van der Waals surface area contributed by atoms with Crippen LogP contribution in [0.2, 0.25) is 0 Å². The quantitative estimate of drug-likeness (QED) is 0.801. The molecule has 156 valence electrons. The summed E-state index contributed by atoms with van der Waals surface area (Å²) in [5.74, 6) is 1.49. The van der Waals surface area contributed by atoms with Crippen molar-refractivity contribution in [3.8, 4) is 11.5 Å². The smallest absolute Gasteiger partial charge is 0.276 e. The summed E-state index contributed by atoms with van der Waals surface area (Å²) in [5.41, 5.74) is 1.32. The fourth-order valence-corrected chi connectivity index (χ4v) is 4.33. The Morgan fingerprint density at radius 2 is 2.07 bits per heavy atom. The number of piperidine rings is 1. The highest BCUT2D eigenvalue weighted by molar-refractivity contribution is 5.92. The van der Waals surface area contributed by atoms with Gasteiger partial charge in [-0.25, -0.2) is 0 Å². The third kappa shape index (κ3) is 4.70. The number of nitrogens with zero attached hydrogens (tertiary/aromatic N) is 5. The van der Waals surface area contributed by atoms with Gasteiger partial charge in [-0.15, -0.1) is 5.10 Å². The number of amides is 1. The maximum absolute atomic E-state index is 12.5. The monoisotopic (exact) mass is 399 g/mol. The van der Waals surface area contributed by atoms with Gasteiger partial charge in [-0.3, -0.25) is 14.4 Å². The van der Waals surface area contributed by atoms with Crippen molar-refractivity contribution < 1.29 is 14.6 Å². The largest absolute Gasteiger partial charge is 0.508 e. The Kier molecular flexibility index (Phi) is 5.99. The number of likely N-dealkylation sites (tertiary alicyclic amines) is 2. The summed E-state index contributed by atoms with van der Waals surface area (Å²) in [6.07, 6.45) is 6.15. The summed E-state index contributed by atoms with van der Waals surface area (Å²) in [7, 11) is 1.63. The van der Waals surface area contributed by atoms with E-state index in [2.05, 4.69) is 15.2 Å². The minimum atomic E-state index is -0.00693. The molecule has 1 aromatic carbocycles. The molecule has 2 saturated heterocycles. The molecule has 0 bridgehead atoms. The minimum absolute atomic E-state index is 0.00693. The minimum Gasteiger partial charge on any atom is -0.508 e. The number of aromatic hydroxyl groups is 1. The van der Waals surface area contributed by atoms with E-state index in [9.17, 15) is 9.90 Å². The zero-order chi connectivity index (χ0) is 20.2. The van der Waals surface area contributed by atoms with Crippen molar-refractivity contribution >= 4 is 5.91 Å². The van der Waals surface area contributed by atoms with Crippen molar-refractivity contribution in [1.82, 2.24) is 24.8 Å². The summed E-state index contributed by atoms with van der Waals surface area (Å²) in [4.78, 5) is 16.7. The van der Waals surface area contributed by atoms with Crippen LogP contribution in [0.15, 0.2) is 24.4 Å². The number of hydrogen-bond donors (Lipinski definition) is 1. The van der Waals surface area contributed by atoms with Gasteiger partial charge in [-0.1, -0.05) is 5.21 Å². The molecule has 2 aliphatic rings. The first kappa shape index (κ1) is 19.7. The molecule has 29 heavy (non-hydrogen) atoms. The Morgan fingerprint density at radius 1 is 1.24 bits per heavy atom. The summed E-state index contributed by atoms with van der Waals surface area (Å²) in [6.45, 7) is 5.01. The molecular formula is C21H29N5O3. The Labute approximate surface area is 171 Å². The topological polar surface area (TPSA) is 83.7 Å². The number of benzene rings is 1. The van der Waals surface area contributed by atoms with Crippen LogP contribution in [0.25, 0.3) is 0 Å². The first-order valence-electron chi connectivity index (χ1n) is 10.4. The van der Waals surface area contributed by atoms with E-state index >= 15 is 0 Å². The zero-order valence-electron chi connectivity index (χ0n) is 17.0. The molecule has 0 unspecified atom stereocenters. The molecule has 8 nitrogen and oxygen atoms in total. The van der Waals surface area contributed by atoms with E-state index in [1.54, 1.807) is 30.1 Å². The van der Waals surface area contributed by atoms with E-state index in [1.165, 1.54) is 0 Å². The van der Waals surface area contributed by atoms with Crippen molar-refractivity contribution in [2.24, 2.45) is 5.92 Å². The molecule has 2 fully saturated rings. The lowest BCUT2D eigenvalue weighted by Crippen LogP contribution is -2.36. The molecule has 0 spiro atoms. The van der Waals surface area contributed by atoms with Gasteiger partial charge < -0.3 is 14.7 Å². The first-order chi connectivity index (χ1) is 14.1. The molecule has 4 rings (SSSR count). The second-order valence-corrected chi connectivity index (χ2v) is 8.06. The van der Waals surface area contributed by atoms with Crippen LogP contribution in [0, 0.1) is 5.92 Å². The van der Waals surface area contributed by atoms with Gasteiger partial charge in [-0.2, -0.15) is 0 Å². The van der Waals surface area contributed by atoms with Crippen molar-refractivity contribution in [3.63, 3.8) is 0 Å². The maximum Gasteiger partial charge on any atom is 0.276 e. The van der Waals surface area contributed by atoms with Gasteiger partial charge in [0.25, 0.3) is 5.91 Å². The molecule has 2 aliphatic heterocycles. The molecule has 0 saturated carbocycles. The van der Waals surface area contributed by atoms with Crippen LogP contribution in [-0.4, -0.2) is 69.1 Å². The van der Waals surface area contributed by atoms with E-state index in [-0.39, 0.29) is 5.91 Å². The highest BCUT2D eigenvalue weighted by atomic mass is 16.5. The number of phenols is 1. The van der Waals surface area contributed by atoms with E-state index in [4.69, 9.17) is 4.74 Å². The van der Waals surface area contributed by atoms with Gasteiger partial charge in [0.15, 0.2) is 5.69 Å². The summed E-state index contributed by atoms with van der Waals surface area (Å²) >= 11 is 0. The molecule has 8 heteroatoms. The fourth-order valence-electron chi connectivity index (χ4n) is 4.33. The van der Waals surface area contributed by atoms with Crippen molar-refractivity contribution in [2.45, 2.75) is 38.8 Å². The van der Waals surface area contributed by atoms with Crippen LogP contribution >= 0.6 is 0 Å². The number of rotatable bonds is 6. The van der Waals surface area contributed by atoms with Crippen LogP contribution in [-0.2, 0) is 13.1 Å². The standard InChI is InChI=1S/C21H29N5O3/c1-29-18-6-7-20(27)17(11-18)14-24-8-4-5-16(12-24)13-26-15-19(22-23-26)21(28)25-9-2-3-10-25/h6-7,11,15-16,27H,2-5,8-10,12-14H2,1H3/t16-/m0/s1. The fraction of sp³-hybridized carbons (Fsp3) is 0.571. The van der Waals surface area contributed by atoms with Crippen LogP contribution < -0.4 is 4.74 Å². The van der Waals surface area contributed by atoms with Crippen molar-refractivity contribution in [1.29, 1.82) is 0 Å². The third-order valence-corrected chi connectivity index (χ3v) is 5.88. The molecule has 2 aromatic rings. The van der Waals surface area contributed by atoms with Gasteiger partial charge in [0, 0.05) is 38.3 Å². The molecule has 0 radical (unpaired) electrons. The predicted molar refractivity (Wildman–Crippen MR) is 108 cm³/mol. The van der Waals surface area contributed by atoms with Gasteiger partial charge in [0.05, 0.1) is 13.3 Å². The molecule has 0 aliphatic carbocycles. The Balaban J connectivity index is 1.35. The highest BCUT2D eigenvalue weighted by Crippen LogP contribution is 2.27. The number of hydrogen-bond acceptors (Lipinski definition) is 6.